The predicted octanol–water partition coefficient (Wildman–Crippen LogP) is 23.9. The largest absolute Gasteiger partial charge is 0.472 e. The molecule has 0 radical (unpaired) electrons. The molecule has 3 N–H and O–H groups in total. The Hall–Kier alpha value is -1.94. The molecule has 0 bridgehead atoms. The molecule has 0 aliphatic heterocycles. The summed E-state index contributed by atoms with van der Waals surface area (Å²) in [5, 5.41) is 10.6. The molecule has 0 amide bonds. The second-order valence-corrected chi connectivity index (χ2v) is 32.2. The van der Waals surface area contributed by atoms with E-state index in [1.54, 1.807) is 0 Å². The lowest BCUT2D eigenvalue weighted by Gasteiger charge is -2.21. The Bertz CT molecular complexity index is 1910. The number of aliphatic hydroxyl groups is 1. The van der Waals surface area contributed by atoms with E-state index in [0.717, 1.165) is 102 Å². The van der Waals surface area contributed by atoms with Crippen LogP contribution in [0, 0.1) is 11.8 Å². The first-order valence-corrected chi connectivity index (χ1v) is 44.6. The summed E-state index contributed by atoms with van der Waals surface area (Å²) in [6, 6.07) is 0. The molecule has 0 heterocycles. The van der Waals surface area contributed by atoms with E-state index in [0.29, 0.717) is 25.7 Å². The summed E-state index contributed by atoms with van der Waals surface area (Å²) in [6.07, 6.45) is 60.9. The molecule has 7 atom stereocenters. The predicted molar refractivity (Wildman–Crippen MR) is 405 cm³/mol. The molecule has 0 saturated heterocycles. The van der Waals surface area contributed by atoms with Gasteiger partial charge >= 0.3 is 39.5 Å². The topological polar surface area (TPSA) is 237 Å². The van der Waals surface area contributed by atoms with Gasteiger partial charge in [-0.25, -0.2) is 9.13 Å². The van der Waals surface area contributed by atoms with Gasteiger partial charge in [-0.3, -0.25) is 37.3 Å². The molecule has 0 fully saturated rings. The molecule has 0 aliphatic rings. The minimum atomic E-state index is -4.96. The van der Waals surface area contributed by atoms with Crippen molar-refractivity contribution in [2.75, 3.05) is 39.6 Å². The Labute approximate surface area is 607 Å². The average Bonchev–Trinajstić information content (AvgIpc) is 2.84. The number of hydrogen-bond donors (Lipinski definition) is 3. The van der Waals surface area contributed by atoms with Gasteiger partial charge in [0.2, 0.25) is 0 Å². The highest BCUT2D eigenvalue weighted by Gasteiger charge is 2.30. The number of ether oxygens (including phenoxy) is 4. The fourth-order valence-corrected chi connectivity index (χ4v) is 13.9. The Morgan fingerprint density at radius 1 is 0.283 bits per heavy atom. The number of esters is 4. The summed E-state index contributed by atoms with van der Waals surface area (Å²) < 4.78 is 68.7. The van der Waals surface area contributed by atoms with Crippen molar-refractivity contribution >= 4 is 39.5 Å². The van der Waals surface area contributed by atoms with Crippen LogP contribution in [0.25, 0.3) is 0 Å². The Balaban J connectivity index is 5.26. The molecule has 0 aliphatic carbocycles. The Kier molecular flexibility index (Phi) is 70.3. The van der Waals surface area contributed by atoms with Gasteiger partial charge in [-0.1, -0.05) is 369 Å². The highest BCUT2D eigenvalue weighted by Crippen LogP contribution is 2.45. The van der Waals surface area contributed by atoms with Crippen LogP contribution in [-0.4, -0.2) is 96.7 Å². The van der Waals surface area contributed by atoms with Gasteiger partial charge in [-0.15, -0.1) is 0 Å². The van der Waals surface area contributed by atoms with Crippen molar-refractivity contribution in [1.82, 2.24) is 0 Å². The number of hydrogen-bond acceptors (Lipinski definition) is 15. The van der Waals surface area contributed by atoms with E-state index in [1.165, 1.54) is 238 Å². The zero-order valence-electron chi connectivity index (χ0n) is 64.8. The fourth-order valence-electron chi connectivity index (χ4n) is 12.3. The second-order valence-electron chi connectivity index (χ2n) is 29.3. The van der Waals surface area contributed by atoms with E-state index < -0.39 is 97.5 Å². The van der Waals surface area contributed by atoms with Crippen molar-refractivity contribution in [1.29, 1.82) is 0 Å². The molecular formula is C80H156O17P2. The van der Waals surface area contributed by atoms with Gasteiger partial charge in [0.25, 0.3) is 0 Å². The number of rotatable bonds is 79. The van der Waals surface area contributed by atoms with Crippen molar-refractivity contribution in [2.24, 2.45) is 11.8 Å². The summed E-state index contributed by atoms with van der Waals surface area (Å²) in [7, 11) is -9.92. The Morgan fingerprint density at radius 3 is 0.717 bits per heavy atom. The van der Waals surface area contributed by atoms with Gasteiger partial charge in [0.15, 0.2) is 12.2 Å². The number of phosphoric acid groups is 2. The van der Waals surface area contributed by atoms with Crippen LogP contribution in [0.15, 0.2) is 0 Å². The van der Waals surface area contributed by atoms with Gasteiger partial charge in [0.05, 0.1) is 26.4 Å². The first-order chi connectivity index (χ1) is 47.9. The zero-order valence-corrected chi connectivity index (χ0v) is 66.6. The van der Waals surface area contributed by atoms with Crippen LogP contribution in [0.4, 0.5) is 0 Å². The van der Waals surface area contributed by atoms with Crippen LogP contribution < -0.4 is 0 Å². The zero-order chi connectivity index (χ0) is 72.8. The molecule has 0 aromatic heterocycles. The first kappa shape index (κ1) is 97.1. The van der Waals surface area contributed by atoms with Gasteiger partial charge in [-0.2, -0.15) is 0 Å². The summed E-state index contributed by atoms with van der Waals surface area (Å²) in [5.41, 5.74) is 0. The lowest BCUT2D eigenvalue weighted by atomic mass is 9.99. The number of aliphatic hydroxyl groups excluding tert-OH is 1. The van der Waals surface area contributed by atoms with E-state index >= 15 is 0 Å². The SMILES string of the molecule is CCCCCCCCCCCCCCCCCCCCC(=O)O[C@H](COC(=O)CCCCCCCCCCCCCCCCCCC)COP(=O)(O)OC[C@@H](O)COP(=O)(O)OC[C@@H](COC(=O)CCCCCCCCCCC(C)CC)OC(=O)CCCCCCCCCCC(C)CC. The highest BCUT2D eigenvalue weighted by atomic mass is 31.2. The van der Waals surface area contributed by atoms with E-state index in [1.807, 2.05) is 0 Å². The van der Waals surface area contributed by atoms with Crippen LogP contribution in [0.1, 0.15) is 420 Å². The second kappa shape index (κ2) is 71.7. The van der Waals surface area contributed by atoms with Gasteiger partial charge < -0.3 is 33.8 Å². The van der Waals surface area contributed by atoms with Crippen molar-refractivity contribution in [2.45, 2.75) is 439 Å². The highest BCUT2D eigenvalue weighted by molar-refractivity contribution is 7.47. The minimum Gasteiger partial charge on any atom is -0.462 e. The maximum atomic E-state index is 13.1. The summed E-state index contributed by atoms with van der Waals surface area (Å²) in [5.74, 6) is -0.564. The minimum absolute atomic E-state index is 0.105. The third-order valence-corrected chi connectivity index (χ3v) is 21.3. The molecule has 17 nitrogen and oxygen atoms in total. The van der Waals surface area contributed by atoms with Gasteiger partial charge in [0.1, 0.15) is 19.3 Å². The Morgan fingerprint density at radius 2 is 0.485 bits per heavy atom. The van der Waals surface area contributed by atoms with Crippen molar-refractivity contribution in [3.8, 4) is 0 Å². The van der Waals surface area contributed by atoms with E-state index in [2.05, 4.69) is 41.5 Å². The monoisotopic (exact) mass is 1450 g/mol. The maximum absolute atomic E-state index is 13.1. The normalized spacial score (nSPS) is 14.5. The number of carbonyl (C=O) groups excluding carboxylic acids is 4. The molecule has 0 saturated carbocycles. The van der Waals surface area contributed by atoms with E-state index in [9.17, 15) is 43.2 Å². The average molecular weight is 1450 g/mol. The molecular weight excluding hydrogens is 1290 g/mol. The molecule has 99 heavy (non-hydrogen) atoms. The summed E-state index contributed by atoms with van der Waals surface area (Å²) in [4.78, 5) is 73.0. The van der Waals surface area contributed by atoms with Crippen LogP contribution in [0.2, 0.25) is 0 Å². The van der Waals surface area contributed by atoms with Crippen LogP contribution in [-0.2, 0) is 65.4 Å². The number of carbonyl (C=O) groups is 4. The number of phosphoric ester groups is 2. The first-order valence-electron chi connectivity index (χ1n) is 41.6. The van der Waals surface area contributed by atoms with Crippen molar-refractivity contribution in [3.63, 3.8) is 0 Å². The quantitative estimate of drug-likeness (QED) is 0.0222. The fraction of sp³-hybridized carbons (Fsp3) is 0.950. The van der Waals surface area contributed by atoms with Crippen LogP contribution >= 0.6 is 15.6 Å². The molecule has 0 rings (SSSR count). The van der Waals surface area contributed by atoms with Gasteiger partial charge in [0, 0.05) is 25.7 Å². The summed E-state index contributed by atoms with van der Waals surface area (Å²) in [6.45, 7) is 9.63. The molecule has 588 valence electrons. The molecule has 4 unspecified atom stereocenters. The molecule has 0 spiro atoms. The van der Waals surface area contributed by atoms with E-state index in [-0.39, 0.29) is 25.7 Å². The number of unbranched alkanes of at least 4 members (excludes halogenated alkanes) is 47. The summed E-state index contributed by atoms with van der Waals surface area (Å²) >= 11 is 0. The van der Waals surface area contributed by atoms with Crippen LogP contribution in [0.5, 0.6) is 0 Å². The molecule has 0 aromatic carbocycles. The molecule has 0 aromatic rings. The standard InChI is InChI=1S/C80H156O17P2/c1-7-11-13-15-17-19-21-23-25-27-29-31-33-35-37-46-52-58-64-79(84)96-75(68-90-77(82)62-56-50-44-36-34-32-30-28-26-24-22-20-18-16-14-12-8-2)70-94-98(86,87)92-66-74(81)67-93-99(88,89)95-71-76(97-80(85)65-59-53-47-41-39-43-49-55-61-73(6)10-4)69-91-78(83)63-57-51-45-40-38-42-48-54-60-72(5)9-3/h72-76,81H,7-71H2,1-6H3,(H,86,87)(H,88,89)/t72?,73?,74-,75-,76-/m1/s1. The molecule has 19 heteroatoms. The smallest absolute Gasteiger partial charge is 0.462 e. The lowest BCUT2D eigenvalue weighted by Crippen LogP contribution is -2.30. The van der Waals surface area contributed by atoms with Gasteiger partial charge in [-0.05, 0) is 37.5 Å². The van der Waals surface area contributed by atoms with Crippen molar-refractivity contribution in [3.05, 3.63) is 0 Å². The van der Waals surface area contributed by atoms with E-state index in [4.69, 9.17) is 37.0 Å². The third kappa shape index (κ3) is 71.5. The third-order valence-electron chi connectivity index (χ3n) is 19.4. The maximum Gasteiger partial charge on any atom is 0.472 e. The van der Waals surface area contributed by atoms with Crippen LogP contribution in [0.3, 0.4) is 0 Å². The lowest BCUT2D eigenvalue weighted by molar-refractivity contribution is -0.161. The van der Waals surface area contributed by atoms with Crippen molar-refractivity contribution < 1.29 is 80.2 Å².